The second-order valence-corrected chi connectivity index (χ2v) is 3.89. The molecule has 2 rings (SSSR count). The van der Waals surface area contributed by atoms with E-state index in [-0.39, 0.29) is 17.9 Å². The smallest absolute Gasteiger partial charge is 0.315 e. The Morgan fingerprint density at radius 3 is 2.77 bits per heavy atom. The van der Waals surface area contributed by atoms with E-state index in [0.717, 1.165) is 6.42 Å². The van der Waals surface area contributed by atoms with Crippen LogP contribution in [0.15, 0.2) is 12.2 Å². The molecular formula is C10H16NO2+. The van der Waals surface area contributed by atoms with Crippen molar-refractivity contribution in [2.75, 3.05) is 6.61 Å². The van der Waals surface area contributed by atoms with Crippen LogP contribution in [0.4, 0.5) is 0 Å². The average molecular weight is 182 g/mol. The van der Waals surface area contributed by atoms with E-state index in [1.165, 1.54) is 0 Å². The van der Waals surface area contributed by atoms with Crippen LogP contribution in [0.25, 0.3) is 0 Å². The third kappa shape index (κ3) is 1.27. The number of rotatable bonds is 2. The minimum absolute atomic E-state index is 0.0231. The molecule has 1 saturated carbocycles. The molecule has 1 fully saturated rings. The van der Waals surface area contributed by atoms with Gasteiger partial charge in [-0.3, -0.25) is 4.79 Å². The van der Waals surface area contributed by atoms with Crippen LogP contribution in [0.5, 0.6) is 0 Å². The van der Waals surface area contributed by atoms with Gasteiger partial charge in [0.15, 0.2) is 0 Å². The molecule has 0 aromatic rings. The van der Waals surface area contributed by atoms with Crippen molar-refractivity contribution in [1.29, 1.82) is 0 Å². The highest BCUT2D eigenvalue weighted by molar-refractivity contribution is 5.74. The molecule has 0 aromatic heterocycles. The van der Waals surface area contributed by atoms with Gasteiger partial charge in [0.25, 0.3) is 0 Å². The average Bonchev–Trinajstić information content (AvgIpc) is 2.63. The lowest BCUT2D eigenvalue weighted by Crippen LogP contribution is -2.67. The Labute approximate surface area is 77.9 Å². The lowest BCUT2D eigenvalue weighted by atomic mass is 9.90. The van der Waals surface area contributed by atoms with Gasteiger partial charge in [0.1, 0.15) is 12.0 Å². The Morgan fingerprint density at radius 2 is 2.23 bits per heavy atom. The van der Waals surface area contributed by atoms with E-state index in [0.29, 0.717) is 18.4 Å². The first kappa shape index (κ1) is 8.75. The van der Waals surface area contributed by atoms with Crippen molar-refractivity contribution in [2.24, 2.45) is 17.8 Å². The van der Waals surface area contributed by atoms with Crippen molar-refractivity contribution >= 4 is 5.97 Å². The number of allylic oxidation sites excluding steroid dienone is 1. The zero-order valence-electron chi connectivity index (χ0n) is 7.90. The van der Waals surface area contributed by atoms with Gasteiger partial charge in [-0.1, -0.05) is 12.2 Å². The van der Waals surface area contributed by atoms with E-state index >= 15 is 0 Å². The standard InChI is InChI=1S/C10H15NO2/c1-2-13-10(12)8-6-3-4-7(5-6)9(8)11/h3-4,6-9H,2,5,11H2,1H3/p+1/t6-,7+,8-,9+/m1/s1. The second-order valence-electron chi connectivity index (χ2n) is 3.89. The molecule has 0 amide bonds. The van der Waals surface area contributed by atoms with Crippen LogP contribution >= 0.6 is 0 Å². The number of fused-ring (bicyclic) bond motifs is 2. The summed E-state index contributed by atoms with van der Waals surface area (Å²) in [4.78, 5) is 11.5. The summed E-state index contributed by atoms with van der Waals surface area (Å²) in [5.41, 5.74) is 4.05. The molecule has 72 valence electrons. The molecule has 13 heavy (non-hydrogen) atoms. The molecule has 0 spiro atoms. The Bertz CT molecular complexity index is 249. The van der Waals surface area contributed by atoms with Gasteiger partial charge in [-0.05, 0) is 19.3 Å². The predicted molar refractivity (Wildman–Crippen MR) is 47.5 cm³/mol. The minimum Gasteiger partial charge on any atom is -0.466 e. The Morgan fingerprint density at radius 1 is 1.54 bits per heavy atom. The van der Waals surface area contributed by atoms with Crippen molar-refractivity contribution in [2.45, 2.75) is 19.4 Å². The maximum Gasteiger partial charge on any atom is 0.315 e. The highest BCUT2D eigenvalue weighted by atomic mass is 16.5. The fourth-order valence-electron chi connectivity index (χ4n) is 2.51. The second kappa shape index (κ2) is 3.14. The summed E-state index contributed by atoms with van der Waals surface area (Å²) >= 11 is 0. The van der Waals surface area contributed by atoms with Crippen molar-refractivity contribution in [1.82, 2.24) is 0 Å². The molecule has 2 aliphatic carbocycles. The van der Waals surface area contributed by atoms with E-state index in [1.807, 2.05) is 6.92 Å². The molecular weight excluding hydrogens is 166 g/mol. The van der Waals surface area contributed by atoms with Crippen LogP contribution in [0.1, 0.15) is 13.3 Å². The summed E-state index contributed by atoms with van der Waals surface area (Å²) in [6.45, 7) is 2.32. The van der Waals surface area contributed by atoms with E-state index in [9.17, 15) is 4.79 Å². The van der Waals surface area contributed by atoms with Crippen LogP contribution in [0.3, 0.4) is 0 Å². The van der Waals surface area contributed by atoms with Gasteiger partial charge in [0, 0.05) is 5.92 Å². The molecule has 0 heterocycles. The molecule has 0 aromatic carbocycles. The molecule has 0 radical (unpaired) electrons. The Balaban J connectivity index is 2.08. The number of ether oxygens (including phenoxy) is 1. The molecule has 2 bridgehead atoms. The first-order chi connectivity index (χ1) is 6.24. The molecule has 0 saturated heterocycles. The van der Waals surface area contributed by atoms with Gasteiger partial charge in [0.2, 0.25) is 0 Å². The quantitative estimate of drug-likeness (QED) is 0.482. The van der Waals surface area contributed by atoms with Gasteiger partial charge in [-0.2, -0.15) is 0 Å². The predicted octanol–water partition coefficient (Wildman–Crippen LogP) is -0.0179. The highest BCUT2D eigenvalue weighted by Gasteiger charge is 2.49. The van der Waals surface area contributed by atoms with Crippen molar-refractivity contribution < 1.29 is 15.3 Å². The van der Waals surface area contributed by atoms with Gasteiger partial charge < -0.3 is 10.5 Å². The highest BCUT2D eigenvalue weighted by Crippen LogP contribution is 2.42. The zero-order chi connectivity index (χ0) is 9.42. The van der Waals surface area contributed by atoms with E-state index in [2.05, 4.69) is 17.9 Å². The number of quaternary nitrogens is 1. The van der Waals surface area contributed by atoms with Crippen molar-refractivity contribution in [3.8, 4) is 0 Å². The normalized spacial score (nSPS) is 41.1. The first-order valence-corrected chi connectivity index (χ1v) is 4.92. The van der Waals surface area contributed by atoms with Crippen LogP contribution < -0.4 is 5.73 Å². The number of carbonyl (C=O) groups excluding carboxylic acids is 1. The first-order valence-electron chi connectivity index (χ1n) is 4.92. The molecule has 3 nitrogen and oxygen atoms in total. The monoisotopic (exact) mass is 182 g/mol. The van der Waals surface area contributed by atoms with Crippen LogP contribution in [0, 0.1) is 17.8 Å². The fourth-order valence-corrected chi connectivity index (χ4v) is 2.51. The maximum absolute atomic E-state index is 11.5. The van der Waals surface area contributed by atoms with E-state index in [1.54, 1.807) is 0 Å². The SMILES string of the molecule is CCOC(=O)[C@H]1[C@@H]([NH3+])[C@H]2C=C[C@@H]1C2. The number of hydrogen-bond donors (Lipinski definition) is 1. The van der Waals surface area contributed by atoms with Crippen LogP contribution in [-0.2, 0) is 9.53 Å². The third-order valence-electron chi connectivity index (χ3n) is 3.18. The number of hydrogen-bond acceptors (Lipinski definition) is 2. The molecule has 4 atom stereocenters. The summed E-state index contributed by atoms with van der Waals surface area (Å²) in [6.07, 6.45) is 5.43. The van der Waals surface area contributed by atoms with E-state index in [4.69, 9.17) is 4.74 Å². The van der Waals surface area contributed by atoms with Crippen LogP contribution in [-0.4, -0.2) is 18.6 Å². The molecule has 3 N–H and O–H groups in total. The van der Waals surface area contributed by atoms with Gasteiger partial charge in [0.05, 0.1) is 6.61 Å². The van der Waals surface area contributed by atoms with E-state index < -0.39 is 0 Å². The van der Waals surface area contributed by atoms with Gasteiger partial charge in [-0.25, -0.2) is 0 Å². The summed E-state index contributed by atoms with van der Waals surface area (Å²) in [7, 11) is 0. The third-order valence-corrected chi connectivity index (χ3v) is 3.18. The lowest BCUT2D eigenvalue weighted by molar-refractivity contribution is -0.434. The zero-order valence-corrected chi connectivity index (χ0v) is 7.90. The number of esters is 1. The fraction of sp³-hybridized carbons (Fsp3) is 0.700. The van der Waals surface area contributed by atoms with Crippen molar-refractivity contribution in [3.05, 3.63) is 12.2 Å². The summed E-state index contributed by atoms with van der Waals surface area (Å²) in [5, 5.41) is 0. The van der Waals surface area contributed by atoms with Gasteiger partial charge >= 0.3 is 5.97 Å². The summed E-state index contributed by atoms with van der Waals surface area (Å²) in [6, 6.07) is 0.231. The molecule has 2 aliphatic rings. The summed E-state index contributed by atoms with van der Waals surface area (Å²) in [5.74, 6) is 0.875. The molecule has 3 heteroatoms. The van der Waals surface area contributed by atoms with Gasteiger partial charge in [-0.15, -0.1) is 0 Å². The Kier molecular flexibility index (Phi) is 2.12. The Hall–Kier alpha value is -0.830. The maximum atomic E-state index is 11.5. The summed E-state index contributed by atoms with van der Waals surface area (Å²) < 4.78 is 5.04. The number of carbonyl (C=O) groups is 1. The lowest BCUT2D eigenvalue weighted by Gasteiger charge is -2.19. The van der Waals surface area contributed by atoms with Crippen LogP contribution in [0.2, 0.25) is 0 Å². The minimum atomic E-state index is -0.0562. The molecule has 0 aliphatic heterocycles. The molecule has 0 unspecified atom stereocenters. The van der Waals surface area contributed by atoms with Crippen molar-refractivity contribution in [3.63, 3.8) is 0 Å². The topological polar surface area (TPSA) is 53.9 Å². The largest absolute Gasteiger partial charge is 0.466 e.